The lowest BCUT2D eigenvalue weighted by atomic mass is 9.80. The summed E-state index contributed by atoms with van der Waals surface area (Å²) in [5.74, 6) is -4.60. The van der Waals surface area contributed by atoms with Crippen LogP contribution in [0.4, 0.5) is 8.78 Å². The molecule has 5 nitrogen and oxygen atoms in total. The minimum Gasteiger partial charge on any atom is -0.461 e. The van der Waals surface area contributed by atoms with Crippen LogP contribution in [-0.2, 0) is 15.1 Å². The highest BCUT2D eigenvalue weighted by Gasteiger charge is 2.54. The maximum atomic E-state index is 13.8. The van der Waals surface area contributed by atoms with E-state index in [0.29, 0.717) is 12.1 Å². The van der Waals surface area contributed by atoms with Crippen molar-refractivity contribution in [2.45, 2.75) is 43.9 Å². The van der Waals surface area contributed by atoms with Crippen molar-refractivity contribution in [1.29, 1.82) is 0 Å². The molecule has 0 saturated heterocycles. The molecule has 1 fully saturated rings. The minimum atomic E-state index is -2.87. The zero-order valence-electron chi connectivity index (χ0n) is 15.6. The Morgan fingerprint density at radius 1 is 1.33 bits per heavy atom. The first-order valence-corrected chi connectivity index (χ1v) is 9.23. The van der Waals surface area contributed by atoms with Crippen molar-refractivity contribution in [2.75, 3.05) is 20.2 Å². The third-order valence-electron chi connectivity index (χ3n) is 5.66. The maximum Gasteiger partial charge on any atom is 0.343 e. The average Bonchev–Trinajstić information content (AvgIpc) is 3.18. The van der Waals surface area contributed by atoms with Crippen LogP contribution in [0.15, 0.2) is 42.7 Å². The van der Waals surface area contributed by atoms with Gasteiger partial charge in [0.1, 0.15) is 6.61 Å². The van der Waals surface area contributed by atoms with Gasteiger partial charge < -0.3 is 19.6 Å². The molecular formula is C20H26F2N2O3. The van der Waals surface area contributed by atoms with Crippen molar-refractivity contribution >= 4 is 5.97 Å². The highest BCUT2D eigenvalue weighted by atomic mass is 19.3. The molecule has 1 unspecified atom stereocenters. The number of nitrogens with zero attached hydrogens (tertiary/aromatic N) is 2. The van der Waals surface area contributed by atoms with E-state index in [4.69, 9.17) is 4.74 Å². The summed E-state index contributed by atoms with van der Waals surface area (Å²) in [6.45, 7) is 2.54. The van der Waals surface area contributed by atoms with Crippen LogP contribution in [0, 0.1) is 5.92 Å². The number of hydrogen-bond donors (Lipinski definition) is 1. The molecule has 1 aromatic carbocycles. The molecule has 0 aromatic heterocycles. The number of carbonyl (C=O) groups is 1. The normalized spacial score (nSPS) is 26.3. The van der Waals surface area contributed by atoms with Crippen molar-refractivity contribution in [3.05, 3.63) is 48.3 Å². The van der Waals surface area contributed by atoms with Crippen molar-refractivity contribution in [3.8, 4) is 0 Å². The fourth-order valence-corrected chi connectivity index (χ4v) is 3.81. The van der Waals surface area contributed by atoms with Gasteiger partial charge in [-0.1, -0.05) is 30.3 Å². The molecule has 0 spiro atoms. The molecule has 27 heavy (non-hydrogen) atoms. The van der Waals surface area contributed by atoms with E-state index >= 15 is 0 Å². The van der Waals surface area contributed by atoms with E-state index in [-0.39, 0.29) is 25.6 Å². The average molecular weight is 380 g/mol. The molecule has 148 valence electrons. The predicted octanol–water partition coefficient (Wildman–Crippen LogP) is 2.92. The van der Waals surface area contributed by atoms with E-state index in [2.05, 4.69) is 0 Å². The van der Waals surface area contributed by atoms with Gasteiger partial charge in [-0.2, -0.15) is 0 Å². The Labute approximate surface area is 158 Å². The number of aliphatic hydroxyl groups is 1. The summed E-state index contributed by atoms with van der Waals surface area (Å²) in [6, 6.07) is 8.26. The van der Waals surface area contributed by atoms with Crippen molar-refractivity contribution in [2.24, 2.45) is 5.92 Å². The molecule has 0 amide bonds. The number of rotatable bonds is 6. The molecule has 1 N–H and O–H groups in total. The molecule has 7 heteroatoms. The lowest BCUT2D eigenvalue weighted by molar-refractivity contribution is -0.175. The van der Waals surface area contributed by atoms with Gasteiger partial charge in [-0.05, 0) is 18.9 Å². The second kappa shape index (κ2) is 7.46. The van der Waals surface area contributed by atoms with Crippen LogP contribution in [0.25, 0.3) is 0 Å². The standard InChI is InChI=1S/C20H26F2N2O3/c1-15-23(2)10-11-24(15)12-13-27-18(25)20(26,16-6-4-3-5-7-16)17-8-9-19(21,22)14-17/h3-7,10-11,15,17,26H,8-9,12-14H2,1-2H3/t15?,17-,20-/m0/s1. The van der Waals surface area contributed by atoms with E-state index in [0.717, 1.165) is 0 Å². The fourth-order valence-electron chi connectivity index (χ4n) is 3.81. The van der Waals surface area contributed by atoms with Crippen LogP contribution in [-0.4, -0.2) is 53.2 Å². The van der Waals surface area contributed by atoms with Gasteiger partial charge in [0.05, 0.1) is 12.7 Å². The first-order chi connectivity index (χ1) is 12.7. The van der Waals surface area contributed by atoms with Crippen molar-refractivity contribution in [1.82, 2.24) is 9.80 Å². The van der Waals surface area contributed by atoms with E-state index in [1.807, 2.05) is 36.2 Å². The van der Waals surface area contributed by atoms with Crippen molar-refractivity contribution < 1.29 is 23.4 Å². The number of esters is 1. The largest absolute Gasteiger partial charge is 0.461 e. The Morgan fingerprint density at radius 2 is 2.04 bits per heavy atom. The molecule has 1 aromatic rings. The summed E-state index contributed by atoms with van der Waals surface area (Å²) in [4.78, 5) is 16.8. The van der Waals surface area contributed by atoms with Gasteiger partial charge in [0.2, 0.25) is 5.92 Å². The highest BCUT2D eigenvalue weighted by Crippen LogP contribution is 2.47. The molecule has 0 radical (unpaired) electrons. The van der Waals surface area contributed by atoms with Gasteiger partial charge >= 0.3 is 5.97 Å². The third kappa shape index (κ3) is 3.93. The monoisotopic (exact) mass is 380 g/mol. The predicted molar refractivity (Wildman–Crippen MR) is 96.7 cm³/mol. The number of benzene rings is 1. The Hall–Kier alpha value is -2.15. The number of halogens is 2. The number of hydrogen-bond acceptors (Lipinski definition) is 5. The molecule has 0 bridgehead atoms. The van der Waals surface area contributed by atoms with Crippen molar-refractivity contribution in [3.63, 3.8) is 0 Å². The Kier molecular flexibility index (Phi) is 5.42. The molecular weight excluding hydrogens is 354 g/mol. The van der Waals surface area contributed by atoms with Gasteiger partial charge in [-0.15, -0.1) is 0 Å². The summed E-state index contributed by atoms with van der Waals surface area (Å²) >= 11 is 0. The van der Waals surface area contributed by atoms with E-state index in [9.17, 15) is 18.7 Å². The quantitative estimate of drug-likeness (QED) is 0.769. The molecule has 1 saturated carbocycles. The summed E-state index contributed by atoms with van der Waals surface area (Å²) in [6.07, 6.45) is 3.19. The van der Waals surface area contributed by atoms with Crippen LogP contribution in [0.3, 0.4) is 0 Å². The third-order valence-corrected chi connectivity index (χ3v) is 5.66. The number of alkyl halides is 2. The van der Waals surface area contributed by atoms with E-state index in [1.165, 1.54) is 0 Å². The zero-order chi connectivity index (χ0) is 19.7. The number of ether oxygens (including phenoxy) is 1. The fraction of sp³-hybridized carbons (Fsp3) is 0.550. The van der Waals surface area contributed by atoms with Gasteiger partial charge in [0.15, 0.2) is 5.60 Å². The van der Waals surface area contributed by atoms with E-state index < -0.39 is 29.8 Å². The summed E-state index contributed by atoms with van der Waals surface area (Å²) in [7, 11) is 1.95. The summed E-state index contributed by atoms with van der Waals surface area (Å²) in [5, 5.41) is 11.2. The molecule has 3 atom stereocenters. The van der Waals surface area contributed by atoms with Crippen LogP contribution < -0.4 is 0 Å². The lowest BCUT2D eigenvalue weighted by Crippen LogP contribution is -2.45. The SMILES string of the molecule is CC1N(C)C=CN1CCOC(=O)[C@](O)(c1ccccc1)[C@H]1CCC(F)(F)C1. The maximum absolute atomic E-state index is 13.8. The first-order valence-electron chi connectivity index (χ1n) is 9.23. The summed E-state index contributed by atoms with van der Waals surface area (Å²) < 4.78 is 32.9. The number of carbonyl (C=O) groups excluding carboxylic acids is 1. The van der Waals surface area contributed by atoms with Gasteiger partial charge in [0, 0.05) is 38.2 Å². The Morgan fingerprint density at radius 3 is 2.59 bits per heavy atom. The van der Waals surface area contributed by atoms with Gasteiger partial charge in [-0.25, -0.2) is 13.6 Å². The topological polar surface area (TPSA) is 53.0 Å². The molecule has 1 aliphatic carbocycles. The zero-order valence-corrected chi connectivity index (χ0v) is 15.6. The smallest absolute Gasteiger partial charge is 0.343 e. The molecule has 1 heterocycles. The van der Waals surface area contributed by atoms with Gasteiger partial charge in [0.25, 0.3) is 0 Å². The lowest BCUT2D eigenvalue weighted by Gasteiger charge is -2.33. The minimum absolute atomic E-state index is 0.0691. The second-order valence-corrected chi connectivity index (χ2v) is 7.40. The summed E-state index contributed by atoms with van der Waals surface area (Å²) in [5.41, 5.74) is -1.77. The first kappa shape index (κ1) is 19.6. The Balaban J connectivity index is 1.71. The van der Waals surface area contributed by atoms with Crippen LogP contribution in [0.2, 0.25) is 0 Å². The Bertz CT molecular complexity index is 698. The van der Waals surface area contributed by atoms with Crippen LogP contribution in [0.1, 0.15) is 31.7 Å². The van der Waals surface area contributed by atoms with Crippen LogP contribution in [0.5, 0.6) is 0 Å². The second-order valence-electron chi connectivity index (χ2n) is 7.40. The highest BCUT2D eigenvalue weighted by molar-refractivity contribution is 5.81. The van der Waals surface area contributed by atoms with Crippen LogP contribution >= 0.6 is 0 Å². The molecule has 3 rings (SSSR count). The van der Waals surface area contributed by atoms with Gasteiger partial charge in [-0.3, -0.25) is 0 Å². The molecule has 1 aliphatic heterocycles. The molecule has 2 aliphatic rings. The van der Waals surface area contributed by atoms with E-state index in [1.54, 1.807) is 30.3 Å².